The Kier molecular flexibility index (Phi) is 6.07. The number of hydrogen-bond acceptors (Lipinski definition) is 5. The lowest BCUT2D eigenvalue weighted by atomic mass is 10.2. The van der Waals surface area contributed by atoms with Crippen LogP contribution in [0.4, 0.5) is 10.1 Å². The highest BCUT2D eigenvalue weighted by molar-refractivity contribution is 5.92. The first-order valence-electron chi connectivity index (χ1n) is 10.3. The van der Waals surface area contributed by atoms with E-state index in [0.29, 0.717) is 41.3 Å². The van der Waals surface area contributed by atoms with Gasteiger partial charge in [-0.15, -0.1) is 0 Å². The third-order valence-corrected chi connectivity index (χ3v) is 5.21. The maximum atomic E-state index is 13.4. The van der Waals surface area contributed by atoms with Crippen molar-refractivity contribution in [2.75, 3.05) is 5.32 Å². The first-order valence-corrected chi connectivity index (χ1v) is 10.3. The van der Waals surface area contributed by atoms with Gasteiger partial charge in [0.2, 0.25) is 5.91 Å². The molecule has 0 fully saturated rings. The van der Waals surface area contributed by atoms with Crippen LogP contribution < -0.4 is 21.3 Å². The van der Waals surface area contributed by atoms with Gasteiger partial charge in [0.15, 0.2) is 16.9 Å². The van der Waals surface area contributed by atoms with E-state index in [0.717, 1.165) is 4.57 Å². The van der Waals surface area contributed by atoms with Gasteiger partial charge in [-0.3, -0.25) is 18.7 Å². The van der Waals surface area contributed by atoms with Crippen LogP contribution in [0.5, 0.6) is 11.5 Å². The van der Waals surface area contributed by atoms with Crippen molar-refractivity contribution in [3.05, 3.63) is 81.5 Å². The minimum Gasteiger partial charge on any atom is -0.455 e. The molecule has 0 saturated heterocycles. The topological polar surface area (TPSA) is 100 Å². The van der Waals surface area contributed by atoms with Gasteiger partial charge < -0.3 is 14.6 Å². The SMILES string of the molecule is Cn1c(=O)c2c(ncn2CCCC(=O)Nc2ccccc2Oc2cccc(F)c2)n(C)c1=O. The van der Waals surface area contributed by atoms with Crippen LogP contribution in [0.25, 0.3) is 11.2 Å². The zero-order valence-electron chi connectivity index (χ0n) is 18.1. The number of amides is 1. The minimum atomic E-state index is -0.448. The largest absolute Gasteiger partial charge is 0.455 e. The van der Waals surface area contributed by atoms with E-state index in [2.05, 4.69) is 10.3 Å². The number of carbonyl (C=O) groups excluding carboxylic acids is 1. The third-order valence-electron chi connectivity index (χ3n) is 5.21. The van der Waals surface area contributed by atoms with E-state index < -0.39 is 17.1 Å². The molecular formula is C23H22FN5O4. The number of nitrogens with one attached hydrogen (secondary N) is 1. The lowest BCUT2D eigenvalue weighted by molar-refractivity contribution is -0.116. The second-order valence-electron chi connectivity index (χ2n) is 7.52. The number of ether oxygens (including phenoxy) is 1. The standard InChI is InChI=1S/C23H22FN5O4/c1-27-21-20(22(31)28(2)23(27)32)29(14-25-21)12-6-11-19(30)26-17-9-3-4-10-18(17)33-16-8-5-7-15(24)13-16/h3-5,7-10,13-14H,6,11-12H2,1-2H3,(H,26,30). The Morgan fingerprint density at radius 1 is 1.09 bits per heavy atom. The fourth-order valence-corrected chi connectivity index (χ4v) is 3.51. The molecule has 0 atom stereocenters. The third kappa shape index (κ3) is 4.54. The number of carbonyl (C=O) groups is 1. The van der Waals surface area contributed by atoms with Crippen molar-refractivity contribution in [3.8, 4) is 11.5 Å². The van der Waals surface area contributed by atoms with Gasteiger partial charge in [0.25, 0.3) is 5.56 Å². The highest BCUT2D eigenvalue weighted by atomic mass is 19.1. The molecule has 0 aliphatic carbocycles. The highest BCUT2D eigenvalue weighted by Crippen LogP contribution is 2.29. The quantitative estimate of drug-likeness (QED) is 0.466. The average Bonchev–Trinajstić information content (AvgIpc) is 3.22. The second-order valence-corrected chi connectivity index (χ2v) is 7.52. The van der Waals surface area contributed by atoms with Crippen molar-refractivity contribution in [1.29, 1.82) is 0 Å². The summed E-state index contributed by atoms with van der Waals surface area (Å²) in [6.45, 7) is 0.374. The van der Waals surface area contributed by atoms with E-state index >= 15 is 0 Å². The molecule has 0 radical (unpaired) electrons. The molecule has 2 aromatic carbocycles. The average molecular weight is 451 g/mol. The number of imidazole rings is 1. The summed E-state index contributed by atoms with van der Waals surface area (Å²) in [7, 11) is 2.97. The monoisotopic (exact) mass is 451 g/mol. The maximum absolute atomic E-state index is 13.4. The summed E-state index contributed by atoms with van der Waals surface area (Å²) in [6.07, 6.45) is 2.11. The van der Waals surface area contributed by atoms with Crippen LogP contribution in [-0.2, 0) is 25.4 Å². The molecule has 10 heteroatoms. The molecule has 2 aromatic heterocycles. The summed E-state index contributed by atoms with van der Waals surface area (Å²) in [5, 5.41) is 2.81. The van der Waals surface area contributed by atoms with Crippen molar-refractivity contribution in [2.45, 2.75) is 19.4 Å². The number of anilines is 1. The Labute approximate surface area is 187 Å². The van der Waals surface area contributed by atoms with E-state index in [4.69, 9.17) is 4.74 Å². The molecule has 170 valence electrons. The second kappa shape index (κ2) is 9.11. The maximum Gasteiger partial charge on any atom is 0.332 e. The Bertz CT molecular complexity index is 1450. The predicted octanol–water partition coefficient (Wildman–Crippen LogP) is 2.78. The molecule has 33 heavy (non-hydrogen) atoms. The predicted molar refractivity (Wildman–Crippen MR) is 121 cm³/mol. The molecule has 0 aliphatic heterocycles. The smallest absolute Gasteiger partial charge is 0.332 e. The van der Waals surface area contributed by atoms with E-state index in [1.165, 1.54) is 36.1 Å². The molecule has 0 unspecified atom stereocenters. The van der Waals surface area contributed by atoms with Gasteiger partial charge in [-0.05, 0) is 30.7 Å². The van der Waals surface area contributed by atoms with Gasteiger partial charge in [0.1, 0.15) is 11.6 Å². The summed E-state index contributed by atoms with van der Waals surface area (Å²) in [5.41, 5.74) is 0.197. The van der Waals surface area contributed by atoms with Gasteiger partial charge in [0, 0.05) is 33.1 Å². The van der Waals surface area contributed by atoms with Gasteiger partial charge >= 0.3 is 5.69 Å². The molecule has 9 nitrogen and oxygen atoms in total. The van der Waals surface area contributed by atoms with Crippen LogP contribution in [0, 0.1) is 5.82 Å². The van der Waals surface area contributed by atoms with Gasteiger partial charge in [-0.2, -0.15) is 0 Å². The van der Waals surface area contributed by atoms with Crippen molar-refractivity contribution in [3.63, 3.8) is 0 Å². The lowest BCUT2D eigenvalue weighted by Gasteiger charge is -2.12. The number of aromatic nitrogens is 4. The van der Waals surface area contributed by atoms with E-state index in [-0.39, 0.29) is 12.3 Å². The molecule has 4 aromatic rings. The number of hydrogen-bond donors (Lipinski definition) is 1. The van der Waals surface area contributed by atoms with Crippen molar-refractivity contribution >= 4 is 22.8 Å². The molecule has 2 heterocycles. The Morgan fingerprint density at radius 3 is 2.67 bits per heavy atom. The van der Waals surface area contributed by atoms with Crippen molar-refractivity contribution < 1.29 is 13.9 Å². The summed E-state index contributed by atoms with van der Waals surface area (Å²) in [6, 6.07) is 12.6. The Hall–Kier alpha value is -4.21. The van der Waals surface area contributed by atoms with Crippen LogP contribution in [0.15, 0.2) is 64.4 Å². The number of aryl methyl sites for hydroxylation is 2. The number of para-hydroxylation sites is 2. The number of halogens is 1. The first-order chi connectivity index (χ1) is 15.8. The molecule has 4 rings (SSSR count). The Balaban J connectivity index is 1.42. The Morgan fingerprint density at radius 2 is 1.88 bits per heavy atom. The van der Waals surface area contributed by atoms with Crippen LogP contribution in [0.3, 0.4) is 0 Å². The molecule has 1 amide bonds. The zero-order valence-corrected chi connectivity index (χ0v) is 18.1. The van der Waals surface area contributed by atoms with Gasteiger partial charge in [-0.25, -0.2) is 14.2 Å². The van der Waals surface area contributed by atoms with E-state index in [1.807, 2.05) is 0 Å². The van der Waals surface area contributed by atoms with Crippen LogP contribution >= 0.6 is 0 Å². The van der Waals surface area contributed by atoms with Crippen LogP contribution in [-0.4, -0.2) is 24.6 Å². The minimum absolute atomic E-state index is 0.181. The summed E-state index contributed by atoms with van der Waals surface area (Å²) in [5.74, 6) is 0.0482. The van der Waals surface area contributed by atoms with Crippen molar-refractivity contribution in [1.82, 2.24) is 18.7 Å². The van der Waals surface area contributed by atoms with Gasteiger partial charge in [-0.1, -0.05) is 18.2 Å². The summed E-state index contributed by atoms with van der Waals surface area (Å²) >= 11 is 0. The fourth-order valence-electron chi connectivity index (χ4n) is 3.51. The number of nitrogens with zero attached hydrogens (tertiary/aromatic N) is 4. The highest BCUT2D eigenvalue weighted by Gasteiger charge is 2.15. The first kappa shape index (κ1) is 22.0. The van der Waals surface area contributed by atoms with E-state index in [9.17, 15) is 18.8 Å². The van der Waals surface area contributed by atoms with E-state index in [1.54, 1.807) is 41.9 Å². The number of fused-ring (bicyclic) bond motifs is 1. The molecule has 0 saturated carbocycles. The molecule has 1 N–H and O–H groups in total. The zero-order chi connectivity index (χ0) is 23.5. The lowest BCUT2D eigenvalue weighted by Crippen LogP contribution is -2.37. The normalized spacial score (nSPS) is 11.0. The number of benzene rings is 2. The number of rotatable bonds is 7. The van der Waals surface area contributed by atoms with Crippen LogP contribution in [0.2, 0.25) is 0 Å². The molecular weight excluding hydrogens is 429 g/mol. The molecule has 0 spiro atoms. The molecule has 0 aliphatic rings. The van der Waals surface area contributed by atoms with Crippen LogP contribution in [0.1, 0.15) is 12.8 Å². The summed E-state index contributed by atoms with van der Waals surface area (Å²) < 4.78 is 23.1. The molecule has 0 bridgehead atoms. The van der Waals surface area contributed by atoms with Crippen molar-refractivity contribution in [2.24, 2.45) is 14.1 Å². The summed E-state index contributed by atoms with van der Waals surface area (Å²) in [4.78, 5) is 41.2. The fraction of sp³-hybridized carbons (Fsp3) is 0.217. The van der Waals surface area contributed by atoms with Gasteiger partial charge in [0.05, 0.1) is 12.0 Å².